The van der Waals surface area contributed by atoms with Crippen LogP contribution in [0.1, 0.15) is 97.8 Å². The summed E-state index contributed by atoms with van der Waals surface area (Å²) in [6.07, 6.45) is 17.0. The van der Waals surface area contributed by atoms with Gasteiger partial charge in [0.15, 0.2) is 0 Å². The van der Waals surface area contributed by atoms with Crippen LogP contribution in [0.25, 0.3) is 0 Å². The van der Waals surface area contributed by atoms with Crippen LogP contribution in [0.2, 0.25) is 0 Å². The normalized spacial score (nSPS) is 11.8. The molecule has 0 radical (unpaired) electrons. The Hall–Kier alpha value is -0.300. The van der Waals surface area contributed by atoms with Gasteiger partial charge in [0.05, 0.1) is 0 Å². The van der Waals surface area contributed by atoms with E-state index in [-0.39, 0.29) is 0 Å². The number of nitrogens with one attached hydrogen (secondary N) is 1. The molecule has 0 aliphatic heterocycles. The molecule has 122 valence electrons. The van der Waals surface area contributed by atoms with Gasteiger partial charge in [0, 0.05) is 6.04 Å². The molecule has 1 N–H and O–H groups in total. The van der Waals surface area contributed by atoms with Crippen LogP contribution in [0.15, 0.2) is 13.2 Å². The lowest BCUT2D eigenvalue weighted by Gasteiger charge is -2.12. The maximum atomic E-state index is 3.56. The Kier molecular flexibility index (Phi) is 23.1. The molecular formula is C19H41N. The molecule has 0 fully saturated rings. The van der Waals surface area contributed by atoms with Crippen molar-refractivity contribution in [2.45, 2.75) is 104 Å². The summed E-state index contributed by atoms with van der Waals surface area (Å²) in [5, 5.41) is 3.56. The van der Waals surface area contributed by atoms with E-state index in [1.54, 1.807) is 0 Å². The van der Waals surface area contributed by atoms with Crippen LogP contribution < -0.4 is 5.32 Å². The quantitative estimate of drug-likeness (QED) is 0.284. The van der Waals surface area contributed by atoms with Crippen LogP contribution in [0.4, 0.5) is 0 Å². The minimum atomic E-state index is 0.721. The van der Waals surface area contributed by atoms with Crippen molar-refractivity contribution in [1.29, 1.82) is 0 Å². The van der Waals surface area contributed by atoms with Gasteiger partial charge in [0.2, 0.25) is 0 Å². The Bertz CT molecular complexity index is 156. The lowest BCUT2D eigenvalue weighted by molar-refractivity contribution is 0.476. The Morgan fingerprint density at radius 1 is 0.700 bits per heavy atom. The Labute approximate surface area is 129 Å². The molecule has 0 spiro atoms. The van der Waals surface area contributed by atoms with Crippen LogP contribution >= 0.6 is 0 Å². The second-order valence-electron chi connectivity index (χ2n) is 5.83. The average Bonchev–Trinajstić information content (AvgIpc) is 2.49. The van der Waals surface area contributed by atoms with Crippen LogP contribution in [-0.4, -0.2) is 12.6 Å². The first kappa shape index (κ1) is 22.0. The van der Waals surface area contributed by atoms with Gasteiger partial charge < -0.3 is 5.32 Å². The van der Waals surface area contributed by atoms with Crippen molar-refractivity contribution >= 4 is 0 Å². The molecule has 0 aliphatic carbocycles. The van der Waals surface area contributed by atoms with E-state index in [0.29, 0.717) is 0 Å². The van der Waals surface area contributed by atoms with Gasteiger partial charge in [0.1, 0.15) is 0 Å². The van der Waals surface area contributed by atoms with Crippen molar-refractivity contribution in [2.75, 3.05) is 6.54 Å². The fraction of sp³-hybridized carbons (Fsp3) is 0.895. The summed E-state index contributed by atoms with van der Waals surface area (Å²) in [6.45, 7) is 14.0. The first-order valence-corrected chi connectivity index (χ1v) is 9.04. The van der Waals surface area contributed by atoms with E-state index in [4.69, 9.17) is 0 Å². The van der Waals surface area contributed by atoms with Crippen LogP contribution in [-0.2, 0) is 0 Å². The molecule has 0 bridgehead atoms. The highest BCUT2D eigenvalue weighted by atomic mass is 14.9. The van der Waals surface area contributed by atoms with Crippen LogP contribution in [0.5, 0.6) is 0 Å². The fourth-order valence-corrected chi connectivity index (χ4v) is 2.43. The molecule has 20 heavy (non-hydrogen) atoms. The van der Waals surface area contributed by atoms with Gasteiger partial charge in [-0.1, -0.05) is 78.1 Å². The molecule has 0 amide bonds. The summed E-state index contributed by atoms with van der Waals surface area (Å²) in [5.41, 5.74) is 0. The Balaban J connectivity index is 0. The van der Waals surface area contributed by atoms with E-state index in [9.17, 15) is 0 Å². The summed E-state index contributed by atoms with van der Waals surface area (Å²) in [4.78, 5) is 0. The van der Waals surface area contributed by atoms with Gasteiger partial charge in [-0.3, -0.25) is 0 Å². The molecule has 0 saturated carbocycles. The zero-order valence-electron chi connectivity index (χ0n) is 14.7. The Morgan fingerprint density at radius 2 is 1.15 bits per heavy atom. The van der Waals surface area contributed by atoms with Crippen molar-refractivity contribution < 1.29 is 0 Å². The summed E-state index contributed by atoms with van der Waals surface area (Å²) in [6, 6.07) is 0.721. The fourth-order valence-electron chi connectivity index (χ4n) is 2.43. The van der Waals surface area contributed by atoms with Crippen molar-refractivity contribution in [1.82, 2.24) is 5.32 Å². The summed E-state index contributed by atoms with van der Waals surface area (Å²) in [7, 11) is 0. The van der Waals surface area contributed by atoms with Gasteiger partial charge in [-0.05, 0) is 26.3 Å². The molecular weight excluding hydrogens is 242 g/mol. The summed E-state index contributed by atoms with van der Waals surface area (Å²) < 4.78 is 0. The molecule has 1 unspecified atom stereocenters. The zero-order chi connectivity index (χ0) is 15.5. The molecule has 0 aromatic heterocycles. The molecule has 0 heterocycles. The molecule has 0 rings (SSSR count). The van der Waals surface area contributed by atoms with Crippen molar-refractivity contribution in [2.24, 2.45) is 0 Å². The highest BCUT2D eigenvalue weighted by molar-refractivity contribution is 4.60. The van der Waals surface area contributed by atoms with Gasteiger partial charge in [-0.25, -0.2) is 0 Å². The zero-order valence-corrected chi connectivity index (χ0v) is 14.7. The van der Waals surface area contributed by atoms with Gasteiger partial charge in [0.25, 0.3) is 0 Å². The molecule has 0 aromatic rings. The maximum Gasteiger partial charge on any atom is 0.00387 e. The third kappa shape index (κ3) is 20.0. The SMILES string of the molecule is C=C.CCCCCCCCCCCCC(C)NCCC. The molecule has 0 saturated heterocycles. The second kappa shape index (κ2) is 21.0. The third-order valence-corrected chi connectivity index (χ3v) is 3.73. The predicted molar refractivity (Wildman–Crippen MR) is 95.5 cm³/mol. The van der Waals surface area contributed by atoms with Crippen LogP contribution in [0.3, 0.4) is 0 Å². The second-order valence-corrected chi connectivity index (χ2v) is 5.83. The number of hydrogen-bond acceptors (Lipinski definition) is 1. The number of rotatable bonds is 14. The van der Waals surface area contributed by atoms with E-state index in [0.717, 1.165) is 6.04 Å². The molecule has 1 heteroatoms. The highest BCUT2D eigenvalue weighted by Gasteiger charge is 1.99. The predicted octanol–water partition coefficient (Wildman–Crippen LogP) is 6.49. The molecule has 0 aliphatic rings. The lowest BCUT2D eigenvalue weighted by Crippen LogP contribution is -2.26. The van der Waals surface area contributed by atoms with E-state index in [1.165, 1.54) is 83.6 Å². The van der Waals surface area contributed by atoms with Gasteiger partial charge in [-0.2, -0.15) is 0 Å². The molecule has 1 nitrogen and oxygen atoms in total. The van der Waals surface area contributed by atoms with E-state index in [2.05, 4.69) is 39.2 Å². The van der Waals surface area contributed by atoms with Crippen LogP contribution in [0, 0.1) is 0 Å². The standard InChI is InChI=1S/C17H37N.C2H4/c1-4-6-7-8-9-10-11-12-13-14-15-17(3)18-16-5-2;1-2/h17-18H,4-16H2,1-3H3;1-2H2. The first-order chi connectivity index (χ1) is 9.81. The molecule has 0 aromatic carbocycles. The number of unbranched alkanes of at least 4 members (excludes halogenated alkanes) is 9. The maximum absolute atomic E-state index is 3.56. The first-order valence-electron chi connectivity index (χ1n) is 9.04. The van der Waals surface area contributed by atoms with Gasteiger partial charge in [-0.15, -0.1) is 13.2 Å². The van der Waals surface area contributed by atoms with Crippen molar-refractivity contribution in [3.8, 4) is 0 Å². The summed E-state index contributed by atoms with van der Waals surface area (Å²) in [5.74, 6) is 0. The minimum absolute atomic E-state index is 0.721. The van der Waals surface area contributed by atoms with E-state index in [1.807, 2.05) is 0 Å². The number of hydrogen-bond donors (Lipinski definition) is 1. The smallest absolute Gasteiger partial charge is 0.00387 e. The monoisotopic (exact) mass is 283 g/mol. The van der Waals surface area contributed by atoms with Crippen molar-refractivity contribution in [3.05, 3.63) is 13.2 Å². The summed E-state index contributed by atoms with van der Waals surface area (Å²) >= 11 is 0. The van der Waals surface area contributed by atoms with Gasteiger partial charge >= 0.3 is 0 Å². The third-order valence-electron chi connectivity index (χ3n) is 3.73. The lowest BCUT2D eigenvalue weighted by atomic mass is 10.0. The van der Waals surface area contributed by atoms with E-state index < -0.39 is 0 Å². The minimum Gasteiger partial charge on any atom is -0.314 e. The molecule has 1 atom stereocenters. The van der Waals surface area contributed by atoms with E-state index >= 15 is 0 Å². The topological polar surface area (TPSA) is 12.0 Å². The highest BCUT2D eigenvalue weighted by Crippen LogP contribution is 2.11. The van der Waals surface area contributed by atoms with Crippen molar-refractivity contribution in [3.63, 3.8) is 0 Å². The largest absolute Gasteiger partial charge is 0.314 e. The average molecular weight is 284 g/mol. The Morgan fingerprint density at radius 3 is 1.60 bits per heavy atom.